The smallest absolute Gasteiger partial charge is 0.320 e. The third-order valence-corrected chi connectivity index (χ3v) is 1.29. The summed E-state index contributed by atoms with van der Waals surface area (Å²) in [6.45, 7) is 0.604. The van der Waals surface area contributed by atoms with Crippen molar-refractivity contribution < 1.29 is 9.90 Å². The molecule has 0 saturated carbocycles. The molecule has 0 radical (unpaired) electrons. The van der Waals surface area contributed by atoms with Gasteiger partial charge in [0.1, 0.15) is 6.04 Å². The van der Waals surface area contributed by atoms with Crippen molar-refractivity contribution in [2.24, 2.45) is 11.5 Å². The van der Waals surface area contributed by atoms with E-state index < -0.39 is 12.0 Å². The van der Waals surface area contributed by atoms with Gasteiger partial charge in [-0.3, -0.25) is 4.79 Å². The van der Waals surface area contributed by atoms with E-state index in [2.05, 4.69) is 0 Å². The van der Waals surface area contributed by atoms with Crippen LogP contribution in [-0.2, 0) is 4.79 Å². The van der Waals surface area contributed by atoms with Crippen LogP contribution >= 0.6 is 0 Å². The molecule has 12 heavy (non-hydrogen) atoms. The van der Waals surface area contributed by atoms with E-state index in [1.165, 1.54) is 0 Å². The Bertz CT molecular complexity index is 110. The molecule has 0 saturated heterocycles. The molecule has 0 unspecified atom stereocenters. The first-order valence-electron chi connectivity index (χ1n) is 3.37. The molecule has 0 aliphatic heterocycles. The number of aliphatic carboxylic acids is 1. The molecular weight excluding hydrogens is 160 g/mol. The first-order valence-corrected chi connectivity index (χ1v) is 3.37. The Morgan fingerprint density at radius 1 is 1.33 bits per heavy atom. The normalized spacial score (nSPS) is 10.8. The second-order valence-electron chi connectivity index (χ2n) is 2.23. The van der Waals surface area contributed by atoms with Crippen LogP contribution in [-0.4, -0.2) is 23.7 Å². The number of unbranched alkanes of at least 4 members (excludes halogenated alkanes) is 1. The number of hydrogen-bond donors (Lipinski definition) is 5. The minimum Gasteiger partial charge on any atom is -0.480 e. The van der Waals surface area contributed by atoms with Crippen LogP contribution < -0.4 is 23.8 Å². The second kappa shape index (κ2) is 10.3. The quantitative estimate of drug-likeness (QED) is 0.370. The fraction of sp³-hybridized carbons (Fsp3) is 0.833. The summed E-state index contributed by atoms with van der Waals surface area (Å²) in [7, 11) is 0. The number of carboxylic acid groups (broad SMARTS) is 1. The van der Waals surface area contributed by atoms with Gasteiger partial charge < -0.3 is 28.9 Å². The van der Waals surface area contributed by atoms with Crippen LogP contribution in [0.25, 0.3) is 0 Å². The van der Waals surface area contributed by atoms with Crippen molar-refractivity contribution >= 4 is 5.97 Å². The molecule has 0 aromatic rings. The Morgan fingerprint density at radius 3 is 2.17 bits per heavy atom. The van der Waals surface area contributed by atoms with Gasteiger partial charge in [-0.2, -0.15) is 0 Å². The van der Waals surface area contributed by atoms with Crippen LogP contribution in [0.15, 0.2) is 0 Å². The summed E-state index contributed by atoms with van der Waals surface area (Å²) in [5.41, 5.74) is 10.4. The second-order valence-corrected chi connectivity index (χ2v) is 2.23. The van der Waals surface area contributed by atoms with Crippen molar-refractivity contribution in [3.8, 4) is 0 Å². The lowest BCUT2D eigenvalue weighted by atomic mass is 10.1. The van der Waals surface area contributed by atoms with E-state index >= 15 is 0 Å². The summed E-state index contributed by atoms with van der Waals surface area (Å²) >= 11 is 0. The fourth-order valence-electron chi connectivity index (χ4n) is 0.632. The lowest BCUT2D eigenvalue weighted by Gasteiger charge is -2.03. The van der Waals surface area contributed by atoms with E-state index in [0.29, 0.717) is 13.0 Å². The monoisotopic (exact) mass is 180 g/mol. The number of carbonyl (C=O) groups is 1. The minimum absolute atomic E-state index is 0. The summed E-state index contributed by atoms with van der Waals surface area (Å²) in [6.07, 6.45) is 2.16. The van der Waals surface area contributed by atoms with Gasteiger partial charge >= 0.3 is 5.97 Å². The standard InChI is InChI=1S/C6H14N2O2.2H3N/c7-4-2-1-3-5(8)6(9)10;;/h5H,1-4,7-8H2,(H,9,10);2*1H3/t5-;;/m0../s1. The lowest BCUT2D eigenvalue weighted by Crippen LogP contribution is -2.29. The van der Waals surface area contributed by atoms with Crippen LogP contribution in [0.3, 0.4) is 0 Å². The summed E-state index contributed by atoms with van der Waals surface area (Å²) in [6, 6.07) is -0.716. The molecule has 0 heterocycles. The third kappa shape index (κ3) is 9.31. The average molecular weight is 180 g/mol. The van der Waals surface area contributed by atoms with E-state index in [1.807, 2.05) is 0 Å². The zero-order chi connectivity index (χ0) is 7.98. The fourth-order valence-corrected chi connectivity index (χ4v) is 0.632. The number of hydrogen-bond acceptors (Lipinski definition) is 5. The summed E-state index contributed by atoms with van der Waals surface area (Å²) in [4.78, 5) is 10.1. The number of nitrogens with two attached hydrogens (primary N) is 2. The highest BCUT2D eigenvalue weighted by Gasteiger charge is 2.09. The van der Waals surface area contributed by atoms with E-state index in [4.69, 9.17) is 16.6 Å². The molecule has 0 spiro atoms. The van der Waals surface area contributed by atoms with Gasteiger partial charge in [0.25, 0.3) is 0 Å². The van der Waals surface area contributed by atoms with Crippen LogP contribution in [0.4, 0.5) is 0 Å². The molecule has 0 amide bonds. The molecule has 0 rings (SSSR count). The van der Waals surface area contributed by atoms with Gasteiger partial charge in [-0.05, 0) is 19.4 Å². The maximum atomic E-state index is 10.1. The average Bonchev–Trinajstić information content (AvgIpc) is 1.88. The first kappa shape index (κ1) is 17.4. The Morgan fingerprint density at radius 2 is 1.83 bits per heavy atom. The summed E-state index contributed by atoms with van der Waals surface area (Å²) in [5.74, 6) is -0.933. The van der Waals surface area contributed by atoms with Crippen LogP contribution in [0, 0.1) is 0 Å². The summed E-state index contributed by atoms with van der Waals surface area (Å²) < 4.78 is 0. The maximum absolute atomic E-state index is 10.1. The zero-order valence-electron chi connectivity index (χ0n) is 7.33. The highest BCUT2D eigenvalue weighted by Crippen LogP contribution is 1.96. The highest BCUT2D eigenvalue weighted by atomic mass is 16.4. The van der Waals surface area contributed by atoms with Gasteiger partial charge in [-0.25, -0.2) is 0 Å². The third-order valence-electron chi connectivity index (χ3n) is 1.29. The van der Waals surface area contributed by atoms with Crippen molar-refractivity contribution in [3.63, 3.8) is 0 Å². The zero-order valence-corrected chi connectivity index (χ0v) is 7.33. The van der Waals surface area contributed by atoms with Crippen molar-refractivity contribution in [2.45, 2.75) is 25.3 Å². The van der Waals surface area contributed by atoms with Crippen molar-refractivity contribution in [1.29, 1.82) is 0 Å². The Hall–Kier alpha value is -0.690. The van der Waals surface area contributed by atoms with Gasteiger partial charge in [-0.1, -0.05) is 6.42 Å². The molecule has 0 aromatic heterocycles. The molecule has 6 heteroatoms. The predicted molar refractivity (Wildman–Crippen MR) is 48.6 cm³/mol. The Kier molecular flexibility index (Phi) is 15.0. The largest absolute Gasteiger partial charge is 0.480 e. The molecule has 0 aliphatic carbocycles. The van der Waals surface area contributed by atoms with E-state index in [9.17, 15) is 4.79 Å². The van der Waals surface area contributed by atoms with Crippen LogP contribution in [0.2, 0.25) is 0 Å². The van der Waals surface area contributed by atoms with Gasteiger partial charge in [-0.15, -0.1) is 0 Å². The molecular formula is C6H20N4O2. The molecule has 0 bridgehead atoms. The minimum atomic E-state index is -0.933. The Balaban J connectivity index is -0.000000405. The lowest BCUT2D eigenvalue weighted by molar-refractivity contribution is -0.138. The van der Waals surface area contributed by atoms with Crippen molar-refractivity contribution in [1.82, 2.24) is 12.3 Å². The molecule has 0 fully saturated rings. The first-order chi connectivity index (χ1) is 4.68. The van der Waals surface area contributed by atoms with Gasteiger partial charge in [0, 0.05) is 0 Å². The van der Waals surface area contributed by atoms with Crippen LogP contribution in [0.1, 0.15) is 19.3 Å². The SMILES string of the molecule is N.N.NCCCC[C@H](N)C(=O)O. The molecule has 1 atom stereocenters. The highest BCUT2D eigenvalue weighted by molar-refractivity contribution is 5.72. The topological polar surface area (TPSA) is 159 Å². The Labute approximate surface area is 72.5 Å². The molecule has 0 aromatic carbocycles. The van der Waals surface area contributed by atoms with Crippen molar-refractivity contribution in [3.05, 3.63) is 0 Å². The van der Waals surface area contributed by atoms with Gasteiger partial charge in [0.2, 0.25) is 0 Å². The van der Waals surface area contributed by atoms with Crippen molar-refractivity contribution in [2.75, 3.05) is 6.54 Å². The van der Waals surface area contributed by atoms with E-state index in [-0.39, 0.29) is 12.3 Å². The van der Waals surface area contributed by atoms with Crippen LogP contribution in [0.5, 0.6) is 0 Å². The predicted octanol–water partition coefficient (Wildman–Crippen LogP) is -0.149. The van der Waals surface area contributed by atoms with Gasteiger partial charge in [0.05, 0.1) is 0 Å². The molecule has 0 aliphatic rings. The van der Waals surface area contributed by atoms with E-state index in [1.54, 1.807) is 0 Å². The maximum Gasteiger partial charge on any atom is 0.320 e. The summed E-state index contributed by atoms with van der Waals surface area (Å²) in [5, 5.41) is 8.33. The van der Waals surface area contributed by atoms with Gasteiger partial charge in [0.15, 0.2) is 0 Å². The number of carboxylic acids is 1. The molecule has 6 nitrogen and oxygen atoms in total. The van der Waals surface area contributed by atoms with E-state index in [0.717, 1.165) is 12.8 Å². The number of rotatable bonds is 5. The molecule has 11 N–H and O–H groups in total. The molecule has 76 valence electrons.